The Morgan fingerprint density at radius 2 is 1.66 bits per heavy atom. The minimum atomic E-state index is -0.179. The van der Waals surface area contributed by atoms with Crippen molar-refractivity contribution in [3.05, 3.63) is 82.9 Å². The van der Waals surface area contributed by atoms with E-state index in [0.717, 1.165) is 29.7 Å². The van der Waals surface area contributed by atoms with Gasteiger partial charge in [-0.3, -0.25) is 9.59 Å². The monoisotopic (exact) mass is 389 g/mol. The molecule has 0 fully saturated rings. The first kappa shape index (κ1) is 20.6. The van der Waals surface area contributed by atoms with E-state index in [2.05, 4.69) is 29.7 Å². The molecule has 1 aliphatic rings. The molecule has 2 aromatic carbocycles. The molecule has 2 aromatic rings. The number of nitrogens with one attached hydrogen (secondary N) is 2. The summed E-state index contributed by atoms with van der Waals surface area (Å²) in [4.78, 5) is 24.4. The van der Waals surface area contributed by atoms with Gasteiger partial charge in [-0.1, -0.05) is 36.4 Å². The van der Waals surface area contributed by atoms with Crippen LogP contribution in [0.5, 0.6) is 0 Å². The third-order valence-corrected chi connectivity index (χ3v) is 4.96. The van der Waals surface area contributed by atoms with Gasteiger partial charge in [-0.2, -0.15) is 0 Å². The lowest BCUT2D eigenvalue weighted by Gasteiger charge is -2.13. The van der Waals surface area contributed by atoms with Crippen molar-refractivity contribution in [2.75, 3.05) is 11.9 Å². The van der Waals surface area contributed by atoms with Crippen molar-refractivity contribution < 1.29 is 9.59 Å². The molecule has 0 atom stereocenters. The highest BCUT2D eigenvalue weighted by atomic mass is 16.2. The number of hydrogen-bond acceptors (Lipinski definition) is 3. The smallest absolute Gasteiger partial charge is 0.251 e. The number of hydrogen-bond donors (Lipinski definition) is 3. The van der Waals surface area contributed by atoms with Crippen molar-refractivity contribution in [2.24, 2.45) is 5.73 Å². The largest absolute Gasteiger partial charge is 0.352 e. The number of allylic oxidation sites excluding steroid dienone is 4. The quantitative estimate of drug-likeness (QED) is 0.668. The number of carbonyl (C=O) groups is 2. The summed E-state index contributed by atoms with van der Waals surface area (Å²) in [7, 11) is 0. The summed E-state index contributed by atoms with van der Waals surface area (Å²) in [5.41, 5.74) is 11.5. The summed E-state index contributed by atoms with van der Waals surface area (Å²) in [6, 6.07) is 15.0. The van der Waals surface area contributed by atoms with Crippen LogP contribution in [-0.4, -0.2) is 18.4 Å². The number of benzene rings is 2. The predicted octanol–water partition coefficient (Wildman–Crippen LogP) is 4.03. The molecule has 29 heavy (non-hydrogen) atoms. The third kappa shape index (κ3) is 5.65. The molecule has 0 heterocycles. The van der Waals surface area contributed by atoms with Gasteiger partial charge in [0.05, 0.1) is 0 Å². The van der Waals surface area contributed by atoms with E-state index in [4.69, 9.17) is 5.73 Å². The van der Waals surface area contributed by atoms with Crippen LogP contribution in [0.15, 0.2) is 66.3 Å². The number of carbonyl (C=O) groups excluding carboxylic acids is 2. The zero-order valence-electron chi connectivity index (χ0n) is 16.7. The minimum Gasteiger partial charge on any atom is -0.352 e. The highest BCUT2D eigenvalue weighted by Crippen LogP contribution is 2.27. The average molecular weight is 389 g/mol. The Morgan fingerprint density at radius 1 is 0.966 bits per heavy atom. The number of amides is 2. The summed E-state index contributed by atoms with van der Waals surface area (Å²) < 4.78 is 0. The Kier molecular flexibility index (Phi) is 6.98. The molecule has 4 N–H and O–H groups in total. The molecular formula is C24H27N3O2. The van der Waals surface area contributed by atoms with Gasteiger partial charge in [0.25, 0.3) is 5.91 Å². The van der Waals surface area contributed by atoms with Crippen molar-refractivity contribution in [3.8, 4) is 0 Å². The summed E-state index contributed by atoms with van der Waals surface area (Å²) in [6.07, 6.45) is 6.83. The van der Waals surface area contributed by atoms with Gasteiger partial charge in [-0.05, 0) is 66.3 Å². The van der Waals surface area contributed by atoms with Gasteiger partial charge in [0, 0.05) is 30.8 Å². The second-order valence-electron chi connectivity index (χ2n) is 7.11. The predicted molar refractivity (Wildman–Crippen MR) is 117 cm³/mol. The van der Waals surface area contributed by atoms with Crippen LogP contribution in [0, 0.1) is 0 Å². The van der Waals surface area contributed by atoms with Gasteiger partial charge < -0.3 is 16.4 Å². The summed E-state index contributed by atoms with van der Waals surface area (Å²) in [5.74, 6) is -0.325. The zero-order valence-corrected chi connectivity index (χ0v) is 16.7. The van der Waals surface area contributed by atoms with E-state index >= 15 is 0 Å². The Balaban J connectivity index is 1.47. The summed E-state index contributed by atoms with van der Waals surface area (Å²) in [6.45, 7) is 2.86. The summed E-state index contributed by atoms with van der Waals surface area (Å²) >= 11 is 0. The second kappa shape index (κ2) is 9.85. The molecule has 5 nitrogen and oxygen atoms in total. The van der Waals surface area contributed by atoms with Crippen molar-refractivity contribution in [1.29, 1.82) is 0 Å². The van der Waals surface area contributed by atoms with Gasteiger partial charge in [-0.25, -0.2) is 0 Å². The van der Waals surface area contributed by atoms with Crippen molar-refractivity contribution in [1.82, 2.24) is 5.32 Å². The van der Waals surface area contributed by atoms with Crippen LogP contribution in [0.25, 0.3) is 5.57 Å². The molecule has 0 radical (unpaired) electrons. The maximum atomic E-state index is 12.3. The average Bonchev–Trinajstić information content (AvgIpc) is 2.75. The zero-order chi connectivity index (χ0) is 20.6. The van der Waals surface area contributed by atoms with Crippen molar-refractivity contribution in [2.45, 2.75) is 32.7 Å². The van der Waals surface area contributed by atoms with Crippen molar-refractivity contribution in [3.63, 3.8) is 0 Å². The fourth-order valence-electron chi connectivity index (χ4n) is 3.28. The first-order valence-corrected chi connectivity index (χ1v) is 9.91. The molecule has 0 bridgehead atoms. The standard InChI is InChI=1S/C24H27N3O2/c1-17-4-2-3-5-22(17)19-8-10-20(11-9-19)24(29)26-15-14-23(28)27-21-12-6-18(16-25)7-13-21/h4-13H,2-3,14-16,25H2,1H3,(H,26,29)(H,27,28). The van der Waals surface area contributed by atoms with Gasteiger partial charge in [0.2, 0.25) is 5.91 Å². The van der Waals surface area contributed by atoms with Crippen LogP contribution in [0.3, 0.4) is 0 Å². The molecular weight excluding hydrogens is 362 g/mol. The van der Waals surface area contributed by atoms with Crippen LogP contribution in [-0.2, 0) is 11.3 Å². The van der Waals surface area contributed by atoms with Crippen molar-refractivity contribution >= 4 is 23.1 Å². The van der Waals surface area contributed by atoms with Gasteiger partial charge in [-0.15, -0.1) is 0 Å². The first-order valence-electron chi connectivity index (χ1n) is 9.91. The van der Waals surface area contributed by atoms with E-state index in [1.54, 1.807) is 0 Å². The van der Waals surface area contributed by atoms with Crippen LogP contribution < -0.4 is 16.4 Å². The lowest BCUT2D eigenvalue weighted by molar-refractivity contribution is -0.116. The molecule has 0 aliphatic heterocycles. The lowest BCUT2D eigenvalue weighted by atomic mass is 9.92. The Morgan fingerprint density at radius 3 is 2.31 bits per heavy atom. The normalized spacial score (nSPS) is 13.3. The highest BCUT2D eigenvalue weighted by molar-refractivity contribution is 5.95. The van der Waals surface area contributed by atoms with Gasteiger partial charge in [0.1, 0.15) is 0 Å². The molecule has 150 valence electrons. The number of rotatable bonds is 7. The molecule has 0 saturated heterocycles. The molecule has 0 aromatic heterocycles. The molecule has 1 aliphatic carbocycles. The van der Waals surface area contributed by atoms with Crippen LogP contribution in [0.1, 0.15) is 47.7 Å². The van der Waals surface area contributed by atoms with E-state index in [9.17, 15) is 9.59 Å². The van der Waals surface area contributed by atoms with Gasteiger partial charge >= 0.3 is 0 Å². The van der Waals surface area contributed by atoms with Gasteiger partial charge in [0.15, 0.2) is 0 Å². The van der Waals surface area contributed by atoms with E-state index in [1.165, 1.54) is 11.1 Å². The topological polar surface area (TPSA) is 84.2 Å². The minimum absolute atomic E-state index is 0.146. The maximum absolute atomic E-state index is 12.3. The third-order valence-electron chi connectivity index (χ3n) is 4.96. The number of anilines is 1. The molecule has 0 unspecified atom stereocenters. The Bertz CT molecular complexity index is 926. The fraction of sp³-hybridized carbons (Fsp3) is 0.250. The van der Waals surface area contributed by atoms with E-state index in [0.29, 0.717) is 12.1 Å². The van der Waals surface area contributed by atoms with E-state index in [1.807, 2.05) is 48.5 Å². The number of nitrogens with two attached hydrogens (primary N) is 1. The van der Waals surface area contributed by atoms with Crippen LogP contribution in [0.4, 0.5) is 5.69 Å². The highest BCUT2D eigenvalue weighted by Gasteiger charge is 2.10. The van der Waals surface area contributed by atoms with E-state index < -0.39 is 0 Å². The molecule has 5 heteroatoms. The summed E-state index contributed by atoms with van der Waals surface area (Å²) in [5, 5.41) is 5.61. The lowest BCUT2D eigenvalue weighted by Crippen LogP contribution is -2.27. The Labute approximate surface area is 171 Å². The Hall–Kier alpha value is -3.18. The second-order valence-corrected chi connectivity index (χ2v) is 7.11. The van der Waals surface area contributed by atoms with Crippen LogP contribution in [0.2, 0.25) is 0 Å². The first-order chi connectivity index (χ1) is 14.1. The maximum Gasteiger partial charge on any atom is 0.251 e. The van der Waals surface area contributed by atoms with E-state index in [-0.39, 0.29) is 24.8 Å². The molecule has 3 rings (SSSR count). The van der Waals surface area contributed by atoms with Crippen LogP contribution >= 0.6 is 0 Å². The molecule has 2 amide bonds. The fourth-order valence-corrected chi connectivity index (χ4v) is 3.28. The SMILES string of the molecule is CC1=CCCC=C1c1ccc(C(=O)NCCC(=O)Nc2ccc(CN)cc2)cc1. The molecule has 0 saturated carbocycles. The molecule has 0 spiro atoms.